The van der Waals surface area contributed by atoms with Crippen LogP contribution in [0.2, 0.25) is 0 Å². The van der Waals surface area contributed by atoms with Crippen LogP contribution in [0.5, 0.6) is 0 Å². The molecule has 0 bridgehead atoms. The predicted molar refractivity (Wildman–Crippen MR) is 86.6 cm³/mol. The number of nitrogens with one attached hydrogen (secondary N) is 1. The van der Waals surface area contributed by atoms with Gasteiger partial charge in [0.2, 0.25) is 0 Å². The molecule has 110 valence electrons. The van der Waals surface area contributed by atoms with Gasteiger partial charge in [0.15, 0.2) is 0 Å². The number of rotatable bonds is 2. The fourth-order valence-corrected chi connectivity index (χ4v) is 3.89. The first-order chi connectivity index (χ1) is 10.4. The summed E-state index contributed by atoms with van der Waals surface area (Å²) in [6.07, 6.45) is 13.3. The SMILES string of the molecule is c1cc2c(c(-c3cncn3C3CCCCCC3)c1)NCC2. The first-order valence-electron chi connectivity index (χ1n) is 8.31. The number of aromatic nitrogens is 2. The monoisotopic (exact) mass is 281 g/mol. The molecule has 0 amide bonds. The third-order valence-electron chi connectivity index (χ3n) is 5.01. The van der Waals surface area contributed by atoms with Crippen LogP contribution < -0.4 is 5.32 Å². The molecule has 1 N–H and O–H groups in total. The summed E-state index contributed by atoms with van der Waals surface area (Å²) in [5, 5.41) is 3.56. The summed E-state index contributed by atoms with van der Waals surface area (Å²) in [4.78, 5) is 4.46. The second-order valence-electron chi connectivity index (χ2n) is 6.35. The molecular weight excluding hydrogens is 258 g/mol. The molecule has 4 rings (SSSR count). The zero-order chi connectivity index (χ0) is 14.1. The van der Waals surface area contributed by atoms with E-state index in [0.717, 1.165) is 13.0 Å². The van der Waals surface area contributed by atoms with E-state index in [1.54, 1.807) is 0 Å². The molecule has 21 heavy (non-hydrogen) atoms. The lowest BCUT2D eigenvalue weighted by Gasteiger charge is -2.20. The Bertz CT molecular complexity index is 621. The van der Waals surface area contributed by atoms with Gasteiger partial charge in [-0.3, -0.25) is 0 Å². The molecule has 0 unspecified atom stereocenters. The first kappa shape index (κ1) is 12.9. The molecule has 3 heteroatoms. The van der Waals surface area contributed by atoms with Crippen molar-refractivity contribution in [3.05, 3.63) is 36.3 Å². The molecule has 1 aliphatic carbocycles. The third-order valence-corrected chi connectivity index (χ3v) is 5.01. The van der Waals surface area contributed by atoms with Crippen molar-refractivity contribution in [2.75, 3.05) is 11.9 Å². The Balaban J connectivity index is 1.73. The molecule has 2 aliphatic rings. The highest BCUT2D eigenvalue weighted by molar-refractivity contribution is 5.79. The highest BCUT2D eigenvalue weighted by Gasteiger charge is 2.21. The molecule has 0 saturated heterocycles. The highest BCUT2D eigenvalue weighted by atomic mass is 15.1. The minimum Gasteiger partial charge on any atom is -0.384 e. The van der Waals surface area contributed by atoms with Crippen molar-refractivity contribution in [3.8, 4) is 11.3 Å². The molecule has 2 aromatic rings. The zero-order valence-electron chi connectivity index (χ0n) is 12.5. The predicted octanol–water partition coefficient (Wildman–Crippen LogP) is 4.41. The summed E-state index contributed by atoms with van der Waals surface area (Å²) >= 11 is 0. The lowest BCUT2D eigenvalue weighted by molar-refractivity contribution is 0.447. The Morgan fingerprint density at radius 2 is 1.95 bits per heavy atom. The number of hydrogen-bond acceptors (Lipinski definition) is 2. The van der Waals surface area contributed by atoms with Crippen LogP contribution in [0.15, 0.2) is 30.7 Å². The van der Waals surface area contributed by atoms with Crippen molar-refractivity contribution in [2.24, 2.45) is 0 Å². The summed E-state index contributed by atoms with van der Waals surface area (Å²) in [6.45, 7) is 1.06. The zero-order valence-corrected chi connectivity index (χ0v) is 12.5. The van der Waals surface area contributed by atoms with E-state index in [2.05, 4.69) is 33.1 Å². The largest absolute Gasteiger partial charge is 0.384 e. The quantitative estimate of drug-likeness (QED) is 0.826. The fourth-order valence-electron chi connectivity index (χ4n) is 3.89. The molecule has 3 nitrogen and oxygen atoms in total. The normalized spacial score (nSPS) is 19.0. The van der Waals surface area contributed by atoms with Crippen molar-refractivity contribution in [1.82, 2.24) is 9.55 Å². The number of anilines is 1. The number of nitrogens with zero attached hydrogens (tertiary/aromatic N) is 2. The Morgan fingerprint density at radius 1 is 1.10 bits per heavy atom. The molecular formula is C18H23N3. The van der Waals surface area contributed by atoms with E-state index in [0.29, 0.717) is 6.04 Å². The van der Waals surface area contributed by atoms with E-state index in [-0.39, 0.29) is 0 Å². The van der Waals surface area contributed by atoms with Gasteiger partial charge in [0.05, 0.1) is 18.2 Å². The molecule has 1 aromatic carbocycles. The second-order valence-corrected chi connectivity index (χ2v) is 6.35. The number of imidazole rings is 1. The highest BCUT2D eigenvalue weighted by Crippen LogP contribution is 2.37. The molecule has 1 aliphatic heterocycles. The molecule has 0 atom stereocenters. The van der Waals surface area contributed by atoms with Gasteiger partial charge in [-0.05, 0) is 24.8 Å². The summed E-state index contributed by atoms with van der Waals surface area (Å²) in [7, 11) is 0. The minimum absolute atomic E-state index is 0.627. The van der Waals surface area contributed by atoms with Gasteiger partial charge < -0.3 is 9.88 Å². The van der Waals surface area contributed by atoms with E-state index in [9.17, 15) is 0 Å². The van der Waals surface area contributed by atoms with Gasteiger partial charge in [0.25, 0.3) is 0 Å². The van der Waals surface area contributed by atoms with Crippen molar-refractivity contribution in [3.63, 3.8) is 0 Å². The molecule has 0 radical (unpaired) electrons. The van der Waals surface area contributed by atoms with Crippen LogP contribution in [0.3, 0.4) is 0 Å². The van der Waals surface area contributed by atoms with Gasteiger partial charge in [-0.25, -0.2) is 4.98 Å². The summed E-state index contributed by atoms with van der Waals surface area (Å²) in [6, 6.07) is 7.29. The first-order valence-corrected chi connectivity index (χ1v) is 8.31. The van der Waals surface area contributed by atoms with Crippen LogP contribution in [0.4, 0.5) is 5.69 Å². The Kier molecular flexibility index (Phi) is 3.42. The van der Waals surface area contributed by atoms with Crippen molar-refractivity contribution >= 4 is 5.69 Å². The average Bonchev–Trinajstić information content (AvgIpc) is 3.10. The van der Waals surface area contributed by atoms with Crippen molar-refractivity contribution < 1.29 is 0 Å². The van der Waals surface area contributed by atoms with Crippen molar-refractivity contribution in [2.45, 2.75) is 51.0 Å². The summed E-state index contributed by atoms with van der Waals surface area (Å²) in [5.41, 5.74) is 5.38. The standard InChI is InChI=1S/C18H23N3/c1-2-4-8-15(7-3-1)21-13-19-12-17(21)16-9-5-6-14-10-11-20-18(14)16/h5-6,9,12-13,15,20H,1-4,7-8,10-11H2. The van der Waals surface area contributed by atoms with Crippen molar-refractivity contribution in [1.29, 1.82) is 0 Å². The van der Waals surface area contributed by atoms with E-state index in [1.165, 1.54) is 61.0 Å². The topological polar surface area (TPSA) is 29.9 Å². The molecule has 1 aromatic heterocycles. The maximum absolute atomic E-state index is 4.46. The Hall–Kier alpha value is -1.77. The van der Waals surface area contributed by atoms with Gasteiger partial charge >= 0.3 is 0 Å². The number of para-hydroxylation sites is 1. The lowest BCUT2D eigenvalue weighted by Crippen LogP contribution is -2.09. The van der Waals surface area contributed by atoms with E-state index < -0.39 is 0 Å². The van der Waals surface area contributed by atoms with Crippen LogP contribution in [-0.2, 0) is 6.42 Å². The van der Waals surface area contributed by atoms with Crippen LogP contribution in [0, 0.1) is 0 Å². The summed E-state index contributed by atoms with van der Waals surface area (Å²) < 4.78 is 2.43. The van der Waals surface area contributed by atoms with Gasteiger partial charge in [-0.1, -0.05) is 43.9 Å². The minimum atomic E-state index is 0.627. The molecule has 1 saturated carbocycles. The van der Waals surface area contributed by atoms with E-state index in [1.807, 2.05) is 12.5 Å². The Morgan fingerprint density at radius 3 is 2.81 bits per heavy atom. The maximum Gasteiger partial charge on any atom is 0.0953 e. The van der Waals surface area contributed by atoms with Crippen LogP contribution in [-0.4, -0.2) is 16.1 Å². The van der Waals surface area contributed by atoms with E-state index in [4.69, 9.17) is 0 Å². The smallest absolute Gasteiger partial charge is 0.0953 e. The number of fused-ring (bicyclic) bond motifs is 1. The molecule has 2 heterocycles. The van der Waals surface area contributed by atoms with Crippen LogP contribution >= 0.6 is 0 Å². The Labute approximate surface area is 126 Å². The van der Waals surface area contributed by atoms with E-state index >= 15 is 0 Å². The lowest BCUT2D eigenvalue weighted by atomic mass is 10.0. The third kappa shape index (κ3) is 2.35. The van der Waals surface area contributed by atoms with Gasteiger partial charge in [-0.15, -0.1) is 0 Å². The molecule has 0 spiro atoms. The number of hydrogen-bond donors (Lipinski definition) is 1. The van der Waals surface area contributed by atoms with Gasteiger partial charge in [-0.2, -0.15) is 0 Å². The molecule has 1 fully saturated rings. The second kappa shape index (κ2) is 5.55. The fraction of sp³-hybridized carbons (Fsp3) is 0.500. The van der Waals surface area contributed by atoms with Crippen LogP contribution in [0.1, 0.15) is 50.1 Å². The summed E-state index contributed by atoms with van der Waals surface area (Å²) in [5.74, 6) is 0. The number of benzene rings is 1. The van der Waals surface area contributed by atoms with Gasteiger partial charge in [0, 0.05) is 23.8 Å². The maximum atomic E-state index is 4.46. The average molecular weight is 281 g/mol. The van der Waals surface area contributed by atoms with Gasteiger partial charge in [0.1, 0.15) is 0 Å². The van der Waals surface area contributed by atoms with Crippen LogP contribution in [0.25, 0.3) is 11.3 Å².